The molecule has 0 saturated carbocycles. The van der Waals surface area contributed by atoms with Gasteiger partial charge in [0.05, 0.1) is 5.56 Å². The van der Waals surface area contributed by atoms with Crippen LogP contribution in [-0.4, -0.2) is 61.6 Å². The minimum absolute atomic E-state index is 0.0896. The number of hydrogen-bond acceptors (Lipinski definition) is 4. The average molecular weight is 318 g/mol. The first-order chi connectivity index (χ1) is 10.8. The standard InChI is InChI=1S/C19H30N2O2/c1-15(14-21-12-10-20(5)11-13-21)23-18(22)16-6-8-17(9-7-16)19(2,3)4/h6-9,15H,10-14H2,1-5H3/t15-/m0/s1. The van der Waals surface area contributed by atoms with Gasteiger partial charge in [-0.1, -0.05) is 32.9 Å². The Morgan fingerprint density at radius 3 is 2.22 bits per heavy atom. The molecule has 128 valence electrons. The Morgan fingerprint density at radius 1 is 1.13 bits per heavy atom. The zero-order chi connectivity index (χ0) is 17.0. The fourth-order valence-corrected chi connectivity index (χ4v) is 2.79. The zero-order valence-corrected chi connectivity index (χ0v) is 15.1. The van der Waals surface area contributed by atoms with E-state index in [2.05, 4.69) is 37.6 Å². The summed E-state index contributed by atoms with van der Waals surface area (Å²) in [6.07, 6.45) is -0.0896. The number of hydrogen-bond donors (Lipinski definition) is 0. The van der Waals surface area contributed by atoms with Gasteiger partial charge in [-0.25, -0.2) is 4.79 Å². The third-order valence-corrected chi connectivity index (χ3v) is 4.41. The highest BCUT2D eigenvalue weighted by Gasteiger charge is 2.19. The lowest BCUT2D eigenvalue weighted by molar-refractivity contribution is 0.0207. The highest BCUT2D eigenvalue weighted by atomic mass is 16.5. The zero-order valence-electron chi connectivity index (χ0n) is 15.1. The van der Waals surface area contributed by atoms with Crippen molar-refractivity contribution < 1.29 is 9.53 Å². The van der Waals surface area contributed by atoms with Gasteiger partial charge in [-0.15, -0.1) is 0 Å². The van der Waals surface area contributed by atoms with Crippen molar-refractivity contribution in [3.8, 4) is 0 Å². The summed E-state index contributed by atoms with van der Waals surface area (Å²) in [7, 11) is 2.14. The van der Waals surface area contributed by atoms with Crippen LogP contribution in [-0.2, 0) is 10.2 Å². The Bertz CT molecular complexity index is 511. The first-order valence-corrected chi connectivity index (χ1v) is 8.48. The van der Waals surface area contributed by atoms with Gasteiger partial charge in [-0.2, -0.15) is 0 Å². The monoisotopic (exact) mass is 318 g/mol. The van der Waals surface area contributed by atoms with Crippen LogP contribution >= 0.6 is 0 Å². The molecule has 0 unspecified atom stereocenters. The fourth-order valence-electron chi connectivity index (χ4n) is 2.79. The van der Waals surface area contributed by atoms with Crippen molar-refractivity contribution in [2.24, 2.45) is 0 Å². The lowest BCUT2D eigenvalue weighted by Gasteiger charge is -2.33. The van der Waals surface area contributed by atoms with Gasteiger partial charge in [0.2, 0.25) is 0 Å². The maximum Gasteiger partial charge on any atom is 0.338 e. The summed E-state index contributed by atoms with van der Waals surface area (Å²) in [5.41, 5.74) is 1.94. The number of nitrogens with zero attached hydrogens (tertiary/aromatic N) is 2. The van der Waals surface area contributed by atoms with Crippen molar-refractivity contribution in [2.75, 3.05) is 39.8 Å². The van der Waals surface area contributed by atoms with Gasteiger partial charge < -0.3 is 9.64 Å². The van der Waals surface area contributed by atoms with Crippen LogP contribution in [0.1, 0.15) is 43.6 Å². The largest absolute Gasteiger partial charge is 0.458 e. The molecule has 1 aliphatic heterocycles. The van der Waals surface area contributed by atoms with Crippen LogP contribution in [0.3, 0.4) is 0 Å². The molecule has 23 heavy (non-hydrogen) atoms. The average Bonchev–Trinajstić information content (AvgIpc) is 2.49. The summed E-state index contributed by atoms with van der Waals surface area (Å²) >= 11 is 0. The molecule has 0 bridgehead atoms. The summed E-state index contributed by atoms with van der Waals surface area (Å²) in [5.74, 6) is -0.230. The smallest absolute Gasteiger partial charge is 0.338 e. The molecule has 0 aromatic heterocycles. The van der Waals surface area contributed by atoms with Crippen molar-refractivity contribution >= 4 is 5.97 Å². The van der Waals surface area contributed by atoms with E-state index in [1.54, 1.807) is 0 Å². The molecule has 4 heteroatoms. The van der Waals surface area contributed by atoms with Crippen LogP contribution in [0.15, 0.2) is 24.3 Å². The molecule has 0 radical (unpaired) electrons. The van der Waals surface area contributed by atoms with E-state index >= 15 is 0 Å². The first-order valence-electron chi connectivity index (χ1n) is 8.48. The van der Waals surface area contributed by atoms with Crippen LogP contribution in [0.5, 0.6) is 0 Å². The maximum atomic E-state index is 12.3. The molecule has 0 amide bonds. The Balaban J connectivity index is 1.86. The first kappa shape index (κ1) is 18.0. The second-order valence-corrected chi connectivity index (χ2v) is 7.65. The number of benzene rings is 1. The molecular weight excluding hydrogens is 288 g/mol. The lowest BCUT2D eigenvalue weighted by Crippen LogP contribution is -2.47. The van der Waals surface area contributed by atoms with Gasteiger partial charge in [-0.05, 0) is 37.1 Å². The predicted octanol–water partition coefficient (Wildman–Crippen LogP) is 2.78. The predicted molar refractivity (Wildman–Crippen MR) is 94.0 cm³/mol. The minimum Gasteiger partial charge on any atom is -0.458 e. The molecule has 0 spiro atoms. The number of carbonyl (C=O) groups is 1. The van der Waals surface area contributed by atoms with Crippen molar-refractivity contribution in [3.63, 3.8) is 0 Å². The summed E-state index contributed by atoms with van der Waals surface area (Å²) < 4.78 is 5.60. The highest BCUT2D eigenvalue weighted by molar-refractivity contribution is 5.89. The molecule has 4 nitrogen and oxygen atoms in total. The van der Waals surface area contributed by atoms with Gasteiger partial charge in [0.25, 0.3) is 0 Å². The fraction of sp³-hybridized carbons (Fsp3) is 0.632. The second-order valence-electron chi connectivity index (χ2n) is 7.65. The van der Waals surface area contributed by atoms with Gasteiger partial charge in [0, 0.05) is 32.7 Å². The molecule has 1 heterocycles. The molecule has 1 saturated heterocycles. The van der Waals surface area contributed by atoms with Gasteiger partial charge >= 0.3 is 5.97 Å². The minimum atomic E-state index is -0.230. The van der Waals surface area contributed by atoms with Crippen LogP contribution in [0.4, 0.5) is 0 Å². The van der Waals surface area contributed by atoms with Gasteiger partial charge in [0.15, 0.2) is 0 Å². The van der Waals surface area contributed by atoms with Crippen molar-refractivity contribution in [2.45, 2.75) is 39.2 Å². The Hall–Kier alpha value is -1.39. The lowest BCUT2D eigenvalue weighted by atomic mass is 9.87. The molecule has 1 aliphatic rings. The molecular formula is C19H30N2O2. The molecule has 1 fully saturated rings. The van der Waals surface area contributed by atoms with E-state index in [0.29, 0.717) is 5.56 Å². The molecule has 0 aliphatic carbocycles. The molecule has 1 aromatic rings. The third kappa shape index (κ3) is 5.33. The molecule has 2 rings (SSSR count). The van der Waals surface area contributed by atoms with Crippen LogP contribution in [0.2, 0.25) is 0 Å². The van der Waals surface area contributed by atoms with Crippen LogP contribution in [0, 0.1) is 0 Å². The number of rotatable bonds is 4. The normalized spacial score (nSPS) is 18.7. The van der Waals surface area contributed by atoms with Crippen molar-refractivity contribution in [1.82, 2.24) is 9.80 Å². The number of esters is 1. The topological polar surface area (TPSA) is 32.8 Å². The second kappa shape index (κ2) is 7.45. The number of ether oxygens (including phenoxy) is 1. The summed E-state index contributed by atoms with van der Waals surface area (Å²) in [5, 5.41) is 0. The Labute approximate surface area is 140 Å². The summed E-state index contributed by atoms with van der Waals surface area (Å²) in [4.78, 5) is 16.9. The quantitative estimate of drug-likeness (QED) is 0.799. The van der Waals surface area contributed by atoms with Crippen LogP contribution < -0.4 is 0 Å². The van der Waals surface area contributed by atoms with E-state index in [1.807, 2.05) is 31.2 Å². The van der Waals surface area contributed by atoms with E-state index < -0.39 is 0 Å². The Morgan fingerprint density at radius 2 is 1.70 bits per heavy atom. The van der Waals surface area contributed by atoms with E-state index in [-0.39, 0.29) is 17.5 Å². The highest BCUT2D eigenvalue weighted by Crippen LogP contribution is 2.22. The van der Waals surface area contributed by atoms with E-state index in [0.717, 1.165) is 32.7 Å². The molecule has 0 N–H and O–H groups in total. The SMILES string of the molecule is C[C@@H](CN1CCN(C)CC1)OC(=O)c1ccc(C(C)(C)C)cc1. The van der Waals surface area contributed by atoms with Gasteiger partial charge in [-0.3, -0.25) is 4.90 Å². The third-order valence-electron chi connectivity index (χ3n) is 4.41. The maximum absolute atomic E-state index is 12.3. The molecule has 1 atom stereocenters. The molecule has 1 aromatic carbocycles. The van der Waals surface area contributed by atoms with Crippen LogP contribution in [0.25, 0.3) is 0 Å². The summed E-state index contributed by atoms with van der Waals surface area (Å²) in [6.45, 7) is 13.5. The van der Waals surface area contributed by atoms with E-state index in [1.165, 1.54) is 5.56 Å². The Kier molecular flexibility index (Phi) is 5.82. The number of likely N-dealkylation sites (N-methyl/N-ethyl adjacent to an activating group) is 1. The van der Waals surface area contributed by atoms with E-state index in [9.17, 15) is 4.79 Å². The number of piperazine rings is 1. The number of carbonyl (C=O) groups excluding carboxylic acids is 1. The van der Waals surface area contributed by atoms with Gasteiger partial charge in [0.1, 0.15) is 6.10 Å². The summed E-state index contributed by atoms with van der Waals surface area (Å²) in [6, 6.07) is 7.76. The van der Waals surface area contributed by atoms with E-state index in [4.69, 9.17) is 4.74 Å². The van der Waals surface area contributed by atoms with Crippen molar-refractivity contribution in [1.29, 1.82) is 0 Å². The van der Waals surface area contributed by atoms with Crippen molar-refractivity contribution in [3.05, 3.63) is 35.4 Å².